The predicted molar refractivity (Wildman–Crippen MR) is 113 cm³/mol. The molecule has 1 heterocycles. The predicted octanol–water partition coefficient (Wildman–Crippen LogP) is 4.31. The highest BCUT2D eigenvalue weighted by Crippen LogP contribution is 2.11. The normalized spacial score (nSPS) is 11.0. The molecule has 0 saturated heterocycles. The molecule has 0 saturated carbocycles. The zero-order chi connectivity index (χ0) is 15.8. The molecule has 0 spiro atoms. The average Bonchev–Trinajstić information content (AvgIpc) is 3.03. The molecule has 0 aliphatic carbocycles. The molecule has 1 N–H and O–H groups in total. The fourth-order valence-corrected chi connectivity index (χ4v) is 3.15. The van der Waals surface area contributed by atoms with E-state index in [1.165, 1.54) is 10.4 Å². The number of guanidine groups is 1. The van der Waals surface area contributed by atoms with Crippen molar-refractivity contribution in [2.75, 3.05) is 27.2 Å². The van der Waals surface area contributed by atoms with Crippen LogP contribution in [0.15, 0.2) is 46.8 Å². The van der Waals surface area contributed by atoms with Crippen LogP contribution < -0.4 is 5.32 Å². The van der Waals surface area contributed by atoms with Crippen LogP contribution in [-0.2, 0) is 12.8 Å². The summed E-state index contributed by atoms with van der Waals surface area (Å²) in [6.45, 7) is 1.80. The minimum Gasteiger partial charge on any atom is -0.356 e. The molecule has 3 nitrogen and oxygen atoms in total. The third-order valence-corrected chi connectivity index (χ3v) is 4.60. The van der Waals surface area contributed by atoms with Crippen LogP contribution in [-0.4, -0.2) is 38.0 Å². The Balaban J connectivity index is 0.00000264. The van der Waals surface area contributed by atoms with Gasteiger partial charge in [-0.25, -0.2) is 0 Å². The summed E-state index contributed by atoms with van der Waals surface area (Å²) in [5.74, 6) is 0.929. The number of nitrogens with zero attached hydrogens (tertiary/aromatic N) is 2. The van der Waals surface area contributed by atoms with Crippen LogP contribution in [0.1, 0.15) is 10.4 Å². The highest BCUT2D eigenvalue weighted by Gasteiger charge is 2.06. The van der Waals surface area contributed by atoms with Crippen LogP contribution in [0.2, 0.25) is 5.02 Å². The van der Waals surface area contributed by atoms with E-state index in [1.54, 1.807) is 11.3 Å². The Morgan fingerprint density at radius 3 is 2.74 bits per heavy atom. The third-order valence-electron chi connectivity index (χ3n) is 3.43. The summed E-state index contributed by atoms with van der Waals surface area (Å²) in [6, 6.07) is 12.3. The first kappa shape index (κ1) is 20.3. The van der Waals surface area contributed by atoms with Gasteiger partial charge in [0.2, 0.25) is 0 Å². The van der Waals surface area contributed by atoms with Gasteiger partial charge < -0.3 is 10.2 Å². The van der Waals surface area contributed by atoms with Gasteiger partial charge in [0.05, 0.1) is 0 Å². The summed E-state index contributed by atoms with van der Waals surface area (Å²) in [7, 11) is 3.89. The van der Waals surface area contributed by atoms with Gasteiger partial charge in [-0.2, -0.15) is 0 Å². The molecule has 0 aliphatic rings. The van der Waals surface area contributed by atoms with E-state index in [9.17, 15) is 0 Å². The maximum atomic E-state index is 6.00. The SMILES string of the molecule is CN=C(NCCc1cccc(Cl)c1)N(C)CCc1cccs1.I. The second-order valence-corrected chi connectivity index (χ2v) is 6.57. The van der Waals surface area contributed by atoms with Crippen LogP contribution in [0.5, 0.6) is 0 Å². The van der Waals surface area contributed by atoms with E-state index < -0.39 is 0 Å². The molecule has 2 rings (SSSR count). The molecular formula is C17H23ClIN3S. The number of rotatable bonds is 6. The van der Waals surface area contributed by atoms with E-state index in [-0.39, 0.29) is 24.0 Å². The molecule has 6 heteroatoms. The molecule has 0 fully saturated rings. The van der Waals surface area contributed by atoms with Crippen LogP contribution in [0.4, 0.5) is 0 Å². The van der Waals surface area contributed by atoms with Gasteiger partial charge in [0.15, 0.2) is 5.96 Å². The molecule has 2 aromatic rings. The quantitative estimate of drug-likeness (QED) is 0.393. The van der Waals surface area contributed by atoms with Gasteiger partial charge in [-0.05, 0) is 42.0 Å². The van der Waals surface area contributed by atoms with Gasteiger partial charge in [-0.3, -0.25) is 4.99 Å². The summed E-state index contributed by atoms with van der Waals surface area (Å²) in [6.07, 6.45) is 1.97. The van der Waals surface area contributed by atoms with Gasteiger partial charge in [-0.1, -0.05) is 29.8 Å². The van der Waals surface area contributed by atoms with Crippen LogP contribution in [0.25, 0.3) is 0 Å². The minimum absolute atomic E-state index is 0. The van der Waals surface area contributed by atoms with E-state index in [4.69, 9.17) is 11.6 Å². The van der Waals surface area contributed by atoms with E-state index in [0.29, 0.717) is 0 Å². The summed E-state index contributed by atoms with van der Waals surface area (Å²) in [5.41, 5.74) is 1.23. The second-order valence-electron chi connectivity index (χ2n) is 5.10. The number of likely N-dealkylation sites (N-methyl/N-ethyl adjacent to an activating group) is 1. The molecule has 0 amide bonds. The van der Waals surface area contributed by atoms with Crippen molar-refractivity contribution in [1.82, 2.24) is 10.2 Å². The second kappa shape index (κ2) is 10.9. The van der Waals surface area contributed by atoms with Gasteiger partial charge >= 0.3 is 0 Å². The zero-order valence-electron chi connectivity index (χ0n) is 13.5. The van der Waals surface area contributed by atoms with Gasteiger partial charge in [-0.15, -0.1) is 35.3 Å². The number of halogens is 2. The number of hydrogen-bond acceptors (Lipinski definition) is 2. The number of benzene rings is 1. The fourth-order valence-electron chi connectivity index (χ4n) is 2.23. The standard InChI is InChI=1S/C17H22ClN3S.HI/c1-19-17(21(2)11-9-16-7-4-12-22-16)20-10-8-14-5-3-6-15(18)13-14;/h3-7,12-13H,8-11H2,1-2H3,(H,19,20);1H. The van der Waals surface area contributed by atoms with Crippen molar-refractivity contribution in [2.45, 2.75) is 12.8 Å². The summed E-state index contributed by atoms with van der Waals surface area (Å²) in [4.78, 5) is 7.91. The maximum Gasteiger partial charge on any atom is 0.193 e. The van der Waals surface area contributed by atoms with Gasteiger partial charge in [0.25, 0.3) is 0 Å². The van der Waals surface area contributed by atoms with Crippen molar-refractivity contribution >= 4 is 52.9 Å². The van der Waals surface area contributed by atoms with Crippen molar-refractivity contribution in [3.8, 4) is 0 Å². The Morgan fingerprint density at radius 2 is 2.09 bits per heavy atom. The molecule has 1 aromatic heterocycles. The number of nitrogens with one attached hydrogen (secondary N) is 1. The van der Waals surface area contributed by atoms with Gasteiger partial charge in [0, 0.05) is 37.1 Å². The van der Waals surface area contributed by atoms with Crippen molar-refractivity contribution < 1.29 is 0 Å². The van der Waals surface area contributed by atoms with Crippen molar-refractivity contribution in [2.24, 2.45) is 4.99 Å². The summed E-state index contributed by atoms with van der Waals surface area (Å²) < 4.78 is 0. The molecule has 0 radical (unpaired) electrons. The van der Waals surface area contributed by atoms with Crippen molar-refractivity contribution in [3.05, 3.63) is 57.2 Å². The molecule has 0 atom stereocenters. The highest BCUT2D eigenvalue weighted by molar-refractivity contribution is 14.0. The number of aliphatic imine (C=N–C) groups is 1. The molecule has 23 heavy (non-hydrogen) atoms. The molecular weight excluding hydrogens is 441 g/mol. The summed E-state index contributed by atoms with van der Waals surface area (Å²) >= 11 is 7.80. The lowest BCUT2D eigenvalue weighted by atomic mass is 10.1. The molecule has 1 aromatic carbocycles. The first-order valence-electron chi connectivity index (χ1n) is 7.37. The lowest BCUT2D eigenvalue weighted by molar-refractivity contribution is 0.487. The van der Waals surface area contributed by atoms with Crippen molar-refractivity contribution in [1.29, 1.82) is 0 Å². The molecule has 126 valence electrons. The molecule has 0 aliphatic heterocycles. The highest BCUT2D eigenvalue weighted by atomic mass is 127. The van der Waals surface area contributed by atoms with E-state index >= 15 is 0 Å². The Labute approximate surface area is 164 Å². The Bertz CT molecular complexity index is 602. The first-order chi connectivity index (χ1) is 10.7. The monoisotopic (exact) mass is 463 g/mol. The van der Waals surface area contributed by atoms with E-state index in [0.717, 1.165) is 36.9 Å². The smallest absolute Gasteiger partial charge is 0.193 e. The topological polar surface area (TPSA) is 27.6 Å². The number of thiophene rings is 1. The van der Waals surface area contributed by atoms with Crippen LogP contribution >= 0.6 is 46.9 Å². The Hall–Kier alpha value is -0.790. The molecule has 0 bridgehead atoms. The maximum absolute atomic E-state index is 6.00. The lowest BCUT2D eigenvalue weighted by Gasteiger charge is -2.21. The van der Waals surface area contributed by atoms with Gasteiger partial charge in [0.1, 0.15) is 0 Å². The lowest BCUT2D eigenvalue weighted by Crippen LogP contribution is -2.40. The summed E-state index contributed by atoms with van der Waals surface area (Å²) in [5, 5.41) is 6.31. The largest absolute Gasteiger partial charge is 0.356 e. The fraction of sp³-hybridized carbons (Fsp3) is 0.353. The number of hydrogen-bond donors (Lipinski definition) is 1. The van der Waals surface area contributed by atoms with Crippen LogP contribution in [0, 0.1) is 0 Å². The minimum atomic E-state index is 0. The van der Waals surface area contributed by atoms with Crippen LogP contribution in [0.3, 0.4) is 0 Å². The third kappa shape index (κ3) is 7.10. The Kier molecular flexibility index (Phi) is 9.59. The Morgan fingerprint density at radius 1 is 1.26 bits per heavy atom. The first-order valence-corrected chi connectivity index (χ1v) is 8.63. The van der Waals surface area contributed by atoms with E-state index in [1.807, 2.05) is 25.2 Å². The average molecular weight is 464 g/mol. The van der Waals surface area contributed by atoms with E-state index in [2.05, 4.69) is 45.8 Å². The molecule has 0 unspecified atom stereocenters. The zero-order valence-corrected chi connectivity index (χ0v) is 17.4. The van der Waals surface area contributed by atoms with Crippen molar-refractivity contribution in [3.63, 3.8) is 0 Å².